The van der Waals surface area contributed by atoms with Crippen molar-refractivity contribution in [1.82, 2.24) is 4.90 Å². The van der Waals surface area contributed by atoms with Gasteiger partial charge in [0.2, 0.25) is 0 Å². The third kappa shape index (κ3) is 3.71. The minimum atomic E-state index is -4.55. The summed E-state index contributed by atoms with van der Waals surface area (Å²) in [4.78, 5) is 25.2. The van der Waals surface area contributed by atoms with Gasteiger partial charge in [-0.2, -0.15) is 13.2 Å². The van der Waals surface area contributed by atoms with Gasteiger partial charge in [-0.05, 0) is 30.2 Å². The summed E-state index contributed by atoms with van der Waals surface area (Å²) in [7, 11) is 0. The molecule has 0 spiro atoms. The second kappa shape index (κ2) is 6.82. The highest BCUT2D eigenvalue weighted by atomic mass is 19.4. The average Bonchev–Trinajstić information content (AvgIpc) is 3.40. The van der Waals surface area contributed by atoms with E-state index in [1.54, 1.807) is 30.3 Å². The molecule has 1 N–H and O–H groups in total. The second-order valence-corrected chi connectivity index (χ2v) is 6.20. The molecule has 7 heteroatoms. The number of halogens is 3. The molecule has 2 atom stereocenters. The summed E-state index contributed by atoms with van der Waals surface area (Å²) in [5.41, 5.74) is -0.563. The van der Waals surface area contributed by atoms with Gasteiger partial charge in [-0.15, -0.1) is 0 Å². The summed E-state index contributed by atoms with van der Waals surface area (Å²) in [6.45, 7) is -0.294. The van der Waals surface area contributed by atoms with E-state index < -0.39 is 35.6 Å². The number of amides is 1. The lowest BCUT2D eigenvalue weighted by Crippen LogP contribution is -2.35. The Balaban J connectivity index is 1.93. The lowest BCUT2D eigenvalue weighted by Gasteiger charge is -2.25. The topological polar surface area (TPSA) is 57.6 Å². The maximum absolute atomic E-state index is 13.2. The third-order valence-corrected chi connectivity index (χ3v) is 4.42. The van der Waals surface area contributed by atoms with Gasteiger partial charge in [0, 0.05) is 18.2 Å². The number of carboxylic acids is 1. The summed E-state index contributed by atoms with van der Waals surface area (Å²) in [5, 5.41) is 9.16. The molecular weight excluding hydrogens is 347 g/mol. The summed E-state index contributed by atoms with van der Waals surface area (Å²) in [6, 6.07) is 12.6. The number of rotatable bonds is 5. The van der Waals surface area contributed by atoms with Gasteiger partial charge in [0.25, 0.3) is 5.91 Å². The Morgan fingerprint density at radius 3 is 2.23 bits per heavy atom. The van der Waals surface area contributed by atoms with E-state index in [1.165, 1.54) is 23.1 Å². The summed E-state index contributed by atoms with van der Waals surface area (Å²) in [6.07, 6.45) is -4.31. The highest BCUT2D eigenvalue weighted by Crippen LogP contribution is 2.39. The van der Waals surface area contributed by atoms with Crippen molar-refractivity contribution in [2.45, 2.75) is 25.2 Å². The van der Waals surface area contributed by atoms with Gasteiger partial charge in [-0.3, -0.25) is 9.59 Å². The van der Waals surface area contributed by atoms with Crippen LogP contribution in [0.15, 0.2) is 54.6 Å². The van der Waals surface area contributed by atoms with Crippen LogP contribution in [0.1, 0.15) is 27.9 Å². The Hall–Kier alpha value is -2.83. The fourth-order valence-electron chi connectivity index (χ4n) is 3.00. The molecule has 2 aromatic rings. The molecule has 3 rings (SSSR count). The van der Waals surface area contributed by atoms with Crippen molar-refractivity contribution in [1.29, 1.82) is 0 Å². The maximum atomic E-state index is 13.2. The van der Waals surface area contributed by atoms with Crippen molar-refractivity contribution in [2.75, 3.05) is 0 Å². The molecule has 0 saturated heterocycles. The number of carbonyl (C=O) groups is 2. The molecule has 26 heavy (non-hydrogen) atoms. The van der Waals surface area contributed by atoms with Crippen LogP contribution in [0.5, 0.6) is 0 Å². The Kier molecular flexibility index (Phi) is 4.71. The van der Waals surface area contributed by atoms with Crippen LogP contribution in [0.3, 0.4) is 0 Å². The summed E-state index contributed by atoms with van der Waals surface area (Å²) >= 11 is 0. The molecule has 2 aromatic carbocycles. The molecular formula is C19H16F3NO3. The van der Waals surface area contributed by atoms with Gasteiger partial charge >= 0.3 is 12.1 Å². The Bertz CT molecular complexity index is 820. The lowest BCUT2D eigenvalue weighted by atomic mass is 10.1. The van der Waals surface area contributed by atoms with Crippen molar-refractivity contribution < 1.29 is 27.9 Å². The zero-order valence-corrected chi connectivity index (χ0v) is 13.6. The number of alkyl halides is 3. The molecule has 0 aromatic heterocycles. The molecule has 136 valence electrons. The molecule has 0 heterocycles. The Morgan fingerprint density at radius 2 is 1.65 bits per heavy atom. The molecule has 1 aliphatic rings. The zero-order valence-electron chi connectivity index (χ0n) is 13.6. The fourth-order valence-corrected chi connectivity index (χ4v) is 3.00. The fraction of sp³-hybridized carbons (Fsp3) is 0.263. The zero-order chi connectivity index (χ0) is 18.9. The summed E-state index contributed by atoms with van der Waals surface area (Å²) < 4.78 is 39.7. The minimum Gasteiger partial charge on any atom is -0.481 e. The molecule has 1 amide bonds. The highest BCUT2D eigenvalue weighted by Gasteiger charge is 2.49. The van der Waals surface area contributed by atoms with E-state index >= 15 is 0 Å². The first-order valence-electron chi connectivity index (χ1n) is 8.03. The predicted octanol–water partition coefficient (Wildman–Crippen LogP) is 3.82. The minimum absolute atomic E-state index is 0.0553. The van der Waals surface area contributed by atoms with Crippen LogP contribution in [0.2, 0.25) is 0 Å². The molecule has 2 unspecified atom stereocenters. The predicted molar refractivity (Wildman–Crippen MR) is 87.3 cm³/mol. The smallest absolute Gasteiger partial charge is 0.416 e. The van der Waals surface area contributed by atoms with Crippen LogP contribution in [0.25, 0.3) is 0 Å². The maximum Gasteiger partial charge on any atom is 0.416 e. The molecule has 0 radical (unpaired) electrons. The van der Waals surface area contributed by atoms with E-state index in [-0.39, 0.29) is 18.5 Å². The van der Waals surface area contributed by atoms with Gasteiger partial charge in [0.05, 0.1) is 11.5 Å². The highest BCUT2D eigenvalue weighted by molar-refractivity contribution is 5.95. The van der Waals surface area contributed by atoms with E-state index in [0.717, 1.165) is 6.07 Å². The van der Waals surface area contributed by atoms with E-state index in [0.29, 0.717) is 5.56 Å². The molecule has 4 nitrogen and oxygen atoms in total. The first kappa shape index (κ1) is 18.0. The van der Waals surface area contributed by atoms with Crippen LogP contribution in [-0.2, 0) is 17.5 Å². The van der Waals surface area contributed by atoms with E-state index in [1.807, 2.05) is 0 Å². The van der Waals surface area contributed by atoms with Crippen LogP contribution < -0.4 is 0 Å². The van der Waals surface area contributed by atoms with Crippen molar-refractivity contribution in [2.24, 2.45) is 5.92 Å². The molecule has 1 saturated carbocycles. The number of nitrogens with zero attached hydrogens (tertiary/aromatic N) is 1. The van der Waals surface area contributed by atoms with Crippen LogP contribution in [0.4, 0.5) is 13.2 Å². The van der Waals surface area contributed by atoms with E-state index in [9.17, 15) is 22.8 Å². The molecule has 1 fully saturated rings. The SMILES string of the molecule is O=C(O)C1CC1N(Cc1ccccc1C(F)(F)F)C(=O)c1ccccc1. The van der Waals surface area contributed by atoms with Crippen molar-refractivity contribution >= 4 is 11.9 Å². The number of aliphatic carboxylic acids is 1. The second-order valence-electron chi connectivity index (χ2n) is 6.20. The number of hydrogen-bond donors (Lipinski definition) is 1. The van der Waals surface area contributed by atoms with E-state index in [2.05, 4.69) is 0 Å². The Labute approximate surface area is 147 Å². The van der Waals surface area contributed by atoms with Crippen molar-refractivity contribution in [3.63, 3.8) is 0 Å². The molecule has 0 aliphatic heterocycles. The van der Waals surface area contributed by atoms with Crippen LogP contribution in [0, 0.1) is 5.92 Å². The average molecular weight is 363 g/mol. The number of benzene rings is 2. The molecule has 0 bridgehead atoms. The van der Waals surface area contributed by atoms with Gasteiger partial charge in [-0.25, -0.2) is 0 Å². The van der Waals surface area contributed by atoms with Crippen LogP contribution >= 0.6 is 0 Å². The van der Waals surface area contributed by atoms with Crippen LogP contribution in [-0.4, -0.2) is 27.9 Å². The van der Waals surface area contributed by atoms with Gasteiger partial charge < -0.3 is 10.0 Å². The third-order valence-electron chi connectivity index (χ3n) is 4.42. The molecule has 1 aliphatic carbocycles. The quantitative estimate of drug-likeness (QED) is 0.879. The monoisotopic (exact) mass is 363 g/mol. The van der Waals surface area contributed by atoms with Gasteiger partial charge in [0.1, 0.15) is 0 Å². The van der Waals surface area contributed by atoms with Gasteiger partial charge in [-0.1, -0.05) is 36.4 Å². The first-order valence-corrected chi connectivity index (χ1v) is 8.03. The van der Waals surface area contributed by atoms with E-state index in [4.69, 9.17) is 5.11 Å². The number of carbonyl (C=O) groups excluding carboxylic acids is 1. The van der Waals surface area contributed by atoms with Crippen molar-refractivity contribution in [3.8, 4) is 0 Å². The number of hydrogen-bond acceptors (Lipinski definition) is 2. The normalized spacial score (nSPS) is 19.0. The Morgan fingerprint density at radius 1 is 1.04 bits per heavy atom. The van der Waals surface area contributed by atoms with Gasteiger partial charge in [0.15, 0.2) is 0 Å². The summed E-state index contributed by atoms with van der Waals surface area (Å²) in [5.74, 6) is -2.28. The lowest BCUT2D eigenvalue weighted by molar-refractivity contribution is -0.140. The first-order chi connectivity index (χ1) is 12.3. The standard InChI is InChI=1S/C19H16F3NO3/c20-19(21,22)15-9-5-4-8-13(15)11-23(16-10-14(16)18(25)26)17(24)12-6-2-1-3-7-12/h1-9,14,16H,10-11H2,(H,25,26). The number of carboxylic acid groups (broad SMARTS) is 1. The largest absolute Gasteiger partial charge is 0.481 e. The van der Waals surface area contributed by atoms with Crippen molar-refractivity contribution in [3.05, 3.63) is 71.3 Å².